The first-order chi connectivity index (χ1) is 25.0. The average Bonchev–Trinajstić information content (AvgIpc) is 3.20. The largest absolute Gasteiger partial charge is 0.497 e. The lowest BCUT2D eigenvalue weighted by molar-refractivity contribution is 0.410. The Morgan fingerprint density at radius 2 is 0.549 bits per heavy atom. The molecule has 51 heavy (non-hydrogen) atoms. The Hall–Kier alpha value is -6.28. The molecule has 0 fully saturated rings. The number of benzene rings is 6. The summed E-state index contributed by atoms with van der Waals surface area (Å²) in [5.74, 6) is 4.51. The van der Waals surface area contributed by atoms with Gasteiger partial charge in [0.15, 0.2) is 0 Å². The van der Waals surface area contributed by atoms with E-state index < -0.39 is 5.41 Å². The molecule has 0 saturated carbocycles. The van der Waals surface area contributed by atoms with Gasteiger partial charge in [-0.3, -0.25) is 0 Å². The maximum Gasteiger partial charge on any atom is 0.119 e. The average molecular weight is 679 g/mol. The molecular weight excluding hydrogens is 640 g/mol. The van der Waals surface area contributed by atoms with Crippen LogP contribution in [0.4, 0.5) is 34.1 Å². The quantitative estimate of drug-likeness (QED) is 0.158. The minimum Gasteiger partial charge on any atom is -0.497 e. The summed E-state index contributed by atoms with van der Waals surface area (Å²) >= 11 is 0. The summed E-state index contributed by atoms with van der Waals surface area (Å²) in [6.45, 7) is 0. The second kappa shape index (κ2) is 12.6. The van der Waals surface area contributed by atoms with Crippen molar-refractivity contribution in [2.45, 2.75) is 5.41 Å². The van der Waals surface area contributed by atoms with Gasteiger partial charge in [-0.1, -0.05) is 0 Å². The van der Waals surface area contributed by atoms with Gasteiger partial charge in [-0.25, -0.2) is 0 Å². The number of ether oxygens (including phenoxy) is 6. The highest BCUT2D eigenvalue weighted by molar-refractivity contribution is 5.97. The Bertz CT molecular complexity index is 1970. The molecule has 0 aromatic heterocycles. The molecule has 0 aliphatic carbocycles. The molecule has 8 rings (SSSR count). The Labute approximate surface area is 297 Å². The molecule has 1 spiro atoms. The standard InChI is InChI=1S/C43H38N2O6/c1-46-29-11-7-27(8-12-29)44-39-19-15-31(48-3)23-35(39)43(36-24-32(49-4)16-20-40(36)44)37-25-33(50-5)17-21-41(37)45(28-9-13-30(47-2)14-10-28)42-22-18-34(51-6)26-38(42)43/h7-26H,1-6H3. The van der Waals surface area contributed by atoms with Crippen molar-refractivity contribution in [2.75, 3.05) is 52.5 Å². The van der Waals surface area contributed by atoms with Gasteiger partial charge in [-0.05, 0) is 144 Å². The number of hydrogen-bond acceptors (Lipinski definition) is 8. The van der Waals surface area contributed by atoms with E-state index in [4.69, 9.17) is 28.4 Å². The number of nitrogens with zero attached hydrogens (tertiary/aromatic N) is 2. The smallest absolute Gasteiger partial charge is 0.119 e. The third-order valence-electron chi connectivity index (χ3n) is 10.1. The first-order valence-corrected chi connectivity index (χ1v) is 16.6. The second-order valence-electron chi connectivity index (χ2n) is 12.3. The van der Waals surface area contributed by atoms with Crippen LogP contribution in [0.2, 0.25) is 0 Å². The van der Waals surface area contributed by atoms with Crippen molar-refractivity contribution in [3.05, 3.63) is 144 Å². The molecule has 0 atom stereocenters. The molecule has 0 bridgehead atoms. The monoisotopic (exact) mass is 678 g/mol. The van der Waals surface area contributed by atoms with E-state index in [0.29, 0.717) is 0 Å². The van der Waals surface area contributed by atoms with E-state index in [1.54, 1.807) is 42.7 Å². The van der Waals surface area contributed by atoms with E-state index in [1.807, 2.05) is 48.5 Å². The van der Waals surface area contributed by atoms with Gasteiger partial charge in [-0.15, -0.1) is 0 Å². The van der Waals surface area contributed by atoms with E-state index >= 15 is 0 Å². The van der Waals surface area contributed by atoms with Gasteiger partial charge < -0.3 is 38.2 Å². The van der Waals surface area contributed by atoms with Gasteiger partial charge in [0.2, 0.25) is 0 Å². The van der Waals surface area contributed by atoms with Crippen LogP contribution in [0.3, 0.4) is 0 Å². The van der Waals surface area contributed by atoms with Gasteiger partial charge in [0.1, 0.15) is 34.5 Å². The first kappa shape index (κ1) is 32.0. The van der Waals surface area contributed by atoms with Crippen molar-refractivity contribution in [1.82, 2.24) is 0 Å². The minimum absolute atomic E-state index is 0.737. The lowest BCUT2D eigenvalue weighted by Gasteiger charge is -2.51. The molecule has 2 aliphatic rings. The topological polar surface area (TPSA) is 61.9 Å². The van der Waals surface area contributed by atoms with Gasteiger partial charge in [0.05, 0.1) is 70.8 Å². The zero-order valence-corrected chi connectivity index (χ0v) is 29.4. The van der Waals surface area contributed by atoms with Crippen molar-refractivity contribution in [2.24, 2.45) is 0 Å². The predicted molar refractivity (Wildman–Crippen MR) is 201 cm³/mol. The fourth-order valence-corrected chi connectivity index (χ4v) is 7.70. The predicted octanol–water partition coefficient (Wildman–Crippen LogP) is 9.69. The Kier molecular flexibility index (Phi) is 7.87. The molecule has 0 N–H and O–H groups in total. The number of fused-ring (bicyclic) bond motifs is 8. The third-order valence-corrected chi connectivity index (χ3v) is 10.1. The number of rotatable bonds is 8. The van der Waals surface area contributed by atoms with Crippen LogP contribution in [0.25, 0.3) is 0 Å². The number of anilines is 6. The highest BCUT2D eigenvalue weighted by atomic mass is 16.5. The van der Waals surface area contributed by atoms with Crippen LogP contribution < -0.4 is 38.2 Å². The lowest BCUT2D eigenvalue weighted by atomic mass is 9.60. The van der Waals surface area contributed by atoms with E-state index in [-0.39, 0.29) is 0 Å². The van der Waals surface area contributed by atoms with Crippen molar-refractivity contribution < 1.29 is 28.4 Å². The minimum atomic E-state index is -0.895. The molecule has 2 heterocycles. The van der Waals surface area contributed by atoms with Gasteiger partial charge in [0, 0.05) is 11.4 Å². The summed E-state index contributed by atoms with van der Waals surface area (Å²) in [7, 11) is 10.2. The van der Waals surface area contributed by atoms with E-state index in [2.05, 4.69) is 82.6 Å². The summed E-state index contributed by atoms with van der Waals surface area (Å²) in [5, 5.41) is 0. The Morgan fingerprint density at radius 3 is 0.784 bits per heavy atom. The molecule has 8 nitrogen and oxygen atoms in total. The fraction of sp³-hybridized carbons (Fsp3) is 0.163. The van der Waals surface area contributed by atoms with Crippen molar-refractivity contribution in [1.29, 1.82) is 0 Å². The van der Waals surface area contributed by atoms with Gasteiger partial charge in [0.25, 0.3) is 0 Å². The summed E-state index contributed by atoms with van der Waals surface area (Å²) < 4.78 is 34.9. The van der Waals surface area contributed by atoms with Crippen LogP contribution in [0.5, 0.6) is 34.5 Å². The highest BCUT2D eigenvalue weighted by Gasteiger charge is 2.53. The molecule has 0 radical (unpaired) electrons. The molecule has 256 valence electrons. The summed E-state index contributed by atoms with van der Waals surface area (Å²) in [4.78, 5) is 4.59. The Morgan fingerprint density at radius 1 is 0.314 bits per heavy atom. The molecule has 0 amide bonds. The molecule has 8 heteroatoms. The van der Waals surface area contributed by atoms with Crippen molar-refractivity contribution >= 4 is 34.1 Å². The van der Waals surface area contributed by atoms with Gasteiger partial charge in [-0.2, -0.15) is 0 Å². The Balaban J connectivity index is 1.55. The van der Waals surface area contributed by atoms with Crippen LogP contribution in [0, 0.1) is 0 Å². The van der Waals surface area contributed by atoms with E-state index in [1.165, 1.54) is 0 Å². The first-order valence-electron chi connectivity index (χ1n) is 16.6. The van der Waals surface area contributed by atoms with Crippen LogP contribution in [0.1, 0.15) is 22.3 Å². The molecule has 2 aliphatic heterocycles. The molecule has 6 aromatic carbocycles. The van der Waals surface area contributed by atoms with Crippen LogP contribution >= 0.6 is 0 Å². The lowest BCUT2D eigenvalue weighted by Crippen LogP contribution is -2.42. The SMILES string of the molecule is COc1ccc(N2c3ccc(OC)cc3C3(c4cc(OC)ccc42)c2cc(OC)ccc2N(c2ccc(OC)cc2)c2ccc(OC)cc23)cc1. The maximum absolute atomic E-state index is 5.96. The van der Waals surface area contributed by atoms with Crippen molar-refractivity contribution in [3.8, 4) is 34.5 Å². The maximum atomic E-state index is 5.96. The molecule has 0 unspecified atom stereocenters. The van der Waals surface area contributed by atoms with Crippen molar-refractivity contribution in [3.63, 3.8) is 0 Å². The highest BCUT2D eigenvalue weighted by Crippen LogP contribution is 2.65. The third kappa shape index (κ3) is 4.81. The molecule has 6 aromatic rings. The zero-order valence-electron chi connectivity index (χ0n) is 29.4. The zero-order chi connectivity index (χ0) is 35.3. The van der Waals surface area contributed by atoms with E-state index in [0.717, 1.165) is 90.9 Å². The number of methoxy groups -OCH3 is 6. The summed E-state index contributed by atoms with van der Waals surface area (Å²) in [6.07, 6.45) is 0. The van der Waals surface area contributed by atoms with Crippen LogP contribution in [-0.4, -0.2) is 42.7 Å². The molecule has 0 saturated heterocycles. The summed E-state index contributed by atoms with van der Waals surface area (Å²) in [5.41, 5.74) is 9.17. The van der Waals surface area contributed by atoms with Crippen LogP contribution in [-0.2, 0) is 5.41 Å². The molecular formula is C43H38N2O6. The van der Waals surface area contributed by atoms with Gasteiger partial charge >= 0.3 is 0 Å². The normalized spacial score (nSPS) is 13.4. The second-order valence-corrected chi connectivity index (χ2v) is 12.3. The van der Waals surface area contributed by atoms with E-state index in [9.17, 15) is 0 Å². The fourth-order valence-electron chi connectivity index (χ4n) is 7.70. The summed E-state index contributed by atoms with van der Waals surface area (Å²) in [6, 6.07) is 41.5. The van der Waals surface area contributed by atoms with Crippen LogP contribution in [0.15, 0.2) is 121 Å². The number of hydrogen-bond donors (Lipinski definition) is 0.